The van der Waals surface area contributed by atoms with Crippen molar-refractivity contribution in [1.82, 2.24) is 15.3 Å². The maximum absolute atomic E-state index is 11.7. The van der Waals surface area contributed by atoms with Gasteiger partial charge in [0.15, 0.2) is 0 Å². The van der Waals surface area contributed by atoms with Crippen molar-refractivity contribution in [2.75, 3.05) is 12.3 Å². The first-order chi connectivity index (χ1) is 9.74. The topological polar surface area (TPSA) is 54.9 Å². The minimum atomic E-state index is 0.0705. The lowest BCUT2D eigenvalue weighted by Crippen LogP contribution is -2.26. The molecule has 0 aromatic carbocycles. The highest BCUT2D eigenvalue weighted by atomic mass is 32.2. The summed E-state index contributed by atoms with van der Waals surface area (Å²) in [6.07, 6.45) is 4.70. The number of amides is 1. The number of thioether (sulfide) groups is 1. The van der Waals surface area contributed by atoms with Crippen molar-refractivity contribution in [3.05, 3.63) is 17.3 Å². The maximum Gasteiger partial charge on any atom is 0.230 e. The summed E-state index contributed by atoms with van der Waals surface area (Å²) < 4.78 is 0. The number of carbonyl (C=O) groups excluding carboxylic acids is 1. The highest BCUT2D eigenvalue weighted by Crippen LogP contribution is 2.30. The number of nitrogens with zero attached hydrogens (tertiary/aromatic N) is 2. The van der Waals surface area contributed by atoms with E-state index in [2.05, 4.69) is 35.2 Å². The summed E-state index contributed by atoms with van der Waals surface area (Å²) in [6, 6.07) is 2.14. The third-order valence-corrected chi connectivity index (χ3v) is 5.08. The van der Waals surface area contributed by atoms with Gasteiger partial charge in [-0.15, -0.1) is 11.3 Å². The summed E-state index contributed by atoms with van der Waals surface area (Å²) in [7, 11) is 0. The van der Waals surface area contributed by atoms with Crippen molar-refractivity contribution >= 4 is 39.2 Å². The number of rotatable bonds is 7. The number of carbonyl (C=O) groups is 1. The molecular weight excluding hydrogens is 290 g/mol. The van der Waals surface area contributed by atoms with Crippen molar-refractivity contribution in [3.8, 4) is 0 Å². The Labute approximate surface area is 127 Å². The van der Waals surface area contributed by atoms with Crippen LogP contribution in [0.25, 0.3) is 10.2 Å². The van der Waals surface area contributed by atoms with Gasteiger partial charge in [0.25, 0.3) is 0 Å². The lowest BCUT2D eigenvalue weighted by Gasteiger charge is -2.04. The summed E-state index contributed by atoms with van der Waals surface area (Å²) >= 11 is 3.18. The standard InChI is InChI=1S/C14H19N3OS2/c1-3-5-6-15-12(18)8-19-13-11-7-10(4-2)20-14(11)17-9-16-13/h7,9H,3-6,8H2,1-2H3,(H,15,18). The van der Waals surface area contributed by atoms with Crippen LogP contribution in [-0.4, -0.2) is 28.2 Å². The molecule has 0 fully saturated rings. The van der Waals surface area contributed by atoms with E-state index in [9.17, 15) is 4.79 Å². The zero-order valence-electron chi connectivity index (χ0n) is 11.8. The summed E-state index contributed by atoms with van der Waals surface area (Å²) in [6.45, 7) is 5.00. The molecule has 0 aliphatic heterocycles. The first-order valence-electron chi connectivity index (χ1n) is 6.87. The van der Waals surface area contributed by atoms with Crippen LogP contribution in [0.2, 0.25) is 0 Å². The van der Waals surface area contributed by atoms with Crippen LogP contribution in [0, 0.1) is 0 Å². The molecule has 0 unspecified atom stereocenters. The van der Waals surface area contributed by atoms with Gasteiger partial charge in [-0.3, -0.25) is 4.79 Å². The van der Waals surface area contributed by atoms with Gasteiger partial charge in [0, 0.05) is 16.8 Å². The predicted molar refractivity (Wildman–Crippen MR) is 85.4 cm³/mol. The van der Waals surface area contributed by atoms with E-state index in [4.69, 9.17) is 0 Å². The smallest absolute Gasteiger partial charge is 0.230 e. The van der Waals surface area contributed by atoms with Crippen molar-refractivity contribution in [2.24, 2.45) is 0 Å². The van der Waals surface area contributed by atoms with E-state index < -0.39 is 0 Å². The number of aromatic nitrogens is 2. The van der Waals surface area contributed by atoms with Crippen molar-refractivity contribution < 1.29 is 4.79 Å². The van der Waals surface area contributed by atoms with Gasteiger partial charge in [-0.25, -0.2) is 9.97 Å². The molecule has 2 aromatic rings. The number of hydrogen-bond acceptors (Lipinski definition) is 5. The van der Waals surface area contributed by atoms with E-state index in [-0.39, 0.29) is 5.91 Å². The number of thiophene rings is 1. The Bertz CT molecular complexity index is 583. The number of unbranched alkanes of at least 4 members (excludes halogenated alkanes) is 1. The minimum absolute atomic E-state index is 0.0705. The van der Waals surface area contributed by atoms with Crippen LogP contribution in [0.3, 0.4) is 0 Å². The van der Waals surface area contributed by atoms with Gasteiger partial charge in [0.05, 0.1) is 5.75 Å². The van der Waals surface area contributed by atoms with E-state index in [0.29, 0.717) is 5.75 Å². The van der Waals surface area contributed by atoms with E-state index in [1.807, 2.05) is 0 Å². The van der Waals surface area contributed by atoms with Crippen molar-refractivity contribution in [1.29, 1.82) is 0 Å². The van der Waals surface area contributed by atoms with Crippen LogP contribution in [0.1, 0.15) is 31.6 Å². The number of hydrogen-bond donors (Lipinski definition) is 1. The number of nitrogens with one attached hydrogen (secondary N) is 1. The molecule has 0 radical (unpaired) electrons. The van der Waals surface area contributed by atoms with Gasteiger partial charge in [0.1, 0.15) is 16.2 Å². The monoisotopic (exact) mass is 309 g/mol. The molecule has 0 saturated carbocycles. The predicted octanol–water partition coefficient (Wildman–Crippen LogP) is 3.26. The number of aryl methyl sites for hydroxylation is 1. The lowest BCUT2D eigenvalue weighted by molar-refractivity contribution is -0.118. The Morgan fingerprint density at radius 1 is 1.40 bits per heavy atom. The largest absolute Gasteiger partial charge is 0.355 e. The second-order valence-electron chi connectivity index (χ2n) is 4.46. The van der Waals surface area contributed by atoms with Gasteiger partial charge in [-0.2, -0.15) is 0 Å². The first-order valence-corrected chi connectivity index (χ1v) is 8.67. The molecule has 0 saturated heterocycles. The Balaban J connectivity index is 1.99. The van der Waals surface area contributed by atoms with Gasteiger partial charge in [-0.05, 0) is 18.9 Å². The summed E-state index contributed by atoms with van der Waals surface area (Å²) in [4.78, 5) is 22.6. The fraction of sp³-hybridized carbons (Fsp3) is 0.500. The third kappa shape index (κ3) is 3.93. The van der Waals surface area contributed by atoms with Gasteiger partial charge >= 0.3 is 0 Å². The molecule has 1 N–H and O–H groups in total. The molecular formula is C14H19N3OS2. The second-order valence-corrected chi connectivity index (χ2v) is 6.54. The van der Waals surface area contributed by atoms with Gasteiger partial charge in [-0.1, -0.05) is 32.0 Å². The molecule has 0 bridgehead atoms. The first kappa shape index (κ1) is 15.3. The molecule has 108 valence electrons. The Morgan fingerprint density at radius 3 is 3.00 bits per heavy atom. The molecule has 4 nitrogen and oxygen atoms in total. The lowest BCUT2D eigenvalue weighted by atomic mass is 10.3. The van der Waals surface area contributed by atoms with Crippen LogP contribution >= 0.6 is 23.1 Å². The zero-order chi connectivity index (χ0) is 14.4. The van der Waals surface area contributed by atoms with Gasteiger partial charge in [0.2, 0.25) is 5.91 Å². The molecule has 20 heavy (non-hydrogen) atoms. The Hall–Kier alpha value is -1.14. The van der Waals surface area contributed by atoms with Crippen molar-refractivity contribution in [2.45, 2.75) is 38.1 Å². The van der Waals surface area contributed by atoms with E-state index in [0.717, 1.165) is 41.0 Å². The SMILES string of the molecule is CCCCNC(=O)CSc1ncnc2sc(CC)cc12. The molecule has 0 aliphatic rings. The molecule has 1 amide bonds. The van der Waals surface area contributed by atoms with Crippen LogP contribution in [-0.2, 0) is 11.2 Å². The zero-order valence-corrected chi connectivity index (χ0v) is 13.4. The second kappa shape index (κ2) is 7.59. The Kier molecular flexibility index (Phi) is 5.79. The average molecular weight is 309 g/mol. The van der Waals surface area contributed by atoms with Crippen LogP contribution in [0.15, 0.2) is 17.4 Å². The maximum atomic E-state index is 11.7. The van der Waals surface area contributed by atoms with Crippen LogP contribution in [0.5, 0.6) is 0 Å². The molecule has 0 spiro atoms. The summed E-state index contributed by atoms with van der Waals surface area (Å²) in [5, 5.41) is 4.89. The highest BCUT2D eigenvalue weighted by Gasteiger charge is 2.10. The van der Waals surface area contributed by atoms with Gasteiger partial charge < -0.3 is 5.32 Å². The quantitative estimate of drug-likeness (QED) is 0.484. The number of fused-ring (bicyclic) bond motifs is 1. The molecule has 6 heteroatoms. The van der Waals surface area contributed by atoms with Crippen LogP contribution in [0.4, 0.5) is 0 Å². The molecule has 0 aliphatic carbocycles. The highest BCUT2D eigenvalue weighted by molar-refractivity contribution is 8.00. The fourth-order valence-electron chi connectivity index (χ4n) is 1.76. The Morgan fingerprint density at radius 2 is 2.25 bits per heavy atom. The molecule has 2 aromatic heterocycles. The van der Waals surface area contributed by atoms with E-state index in [1.54, 1.807) is 17.7 Å². The van der Waals surface area contributed by atoms with Crippen LogP contribution < -0.4 is 5.32 Å². The normalized spacial score (nSPS) is 10.9. The summed E-state index contributed by atoms with van der Waals surface area (Å²) in [5.74, 6) is 0.480. The molecule has 2 rings (SSSR count). The summed E-state index contributed by atoms with van der Waals surface area (Å²) in [5.41, 5.74) is 0. The fourth-order valence-corrected chi connectivity index (χ4v) is 3.56. The molecule has 0 atom stereocenters. The van der Waals surface area contributed by atoms with E-state index in [1.165, 1.54) is 16.6 Å². The average Bonchev–Trinajstić information content (AvgIpc) is 2.89. The van der Waals surface area contributed by atoms with Crippen molar-refractivity contribution in [3.63, 3.8) is 0 Å². The molecule has 2 heterocycles. The van der Waals surface area contributed by atoms with E-state index >= 15 is 0 Å². The minimum Gasteiger partial charge on any atom is -0.355 e. The third-order valence-electron chi connectivity index (χ3n) is 2.88.